The predicted molar refractivity (Wildman–Crippen MR) is 90.7 cm³/mol. The molecule has 0 aliphatic heterocycles. The Kier molecular flexibility index (Phi) is 3.82. The molecule has 0 fully saturated rings. The molecule has 0 aliphatic carbocycles. The van der Waals surface area contributed by atoms with Crippen molar-refractivity contribution in [3.63, 3.8) is 0 Å². The quantitative estimate of drug-likeness (QED) is 0.517. The predicted octanol–water partition coefficient (Wildman–Crippen LogP) is 4.34. The fraction of sp³-hybridized carbons (Fsp3) is 0.0556. The maximum atomic E-state index is 13.0. The molecule has 0 aliphatic rings. The standard InChI is InChI=1S/C18H10F2N6/c1-21-16-10-23-15-8-7-12(25-26(15)16)11-4-3-9-22-17(11)13-5-2-6-14(24-13)18(19)20/h2-10,18H. The van der Waals surface area contributed by atoms with Gasteiger partial charge in [0.1, 0.15) is 11.4 Å². The topological polar surface area (TPSA) is 60.3 Å². The summed E-state index contributed by atoms with van der Waals surface area (Å²) in [7, 11) is 0. The SMILES string of the molecule is [C-]#[N+]c1cnc2ccc(-c3cccnc3-c3cccc(C(F)F)n3)nn12. The second kappa shape index (κ2) is 6.29. The summed E-state index contributed by atoms with van der Waals surface area (Å²) in [6.45, 7) is 7.19. The van der Waals surface area contributed by atoms with Gasteiger partial charge in [-0.25, -0.2) is 18.7 Å². The number of nitrogens with zero attached hydrogens (tertiary/aromatic N) is 6. The second-order valence-corrected chi connectivity index (χ2v) is 5.36. The highest BCUT2D eigenvalue weighted by atomic mass is 19.3. The minimum absolute atomic E-state index is 0.283. The third-order valence-corrected chi connectivity index (χ3v) is 3.78. The first-order chi connectivity index (χ1) is 12.7. The fourth-order valence-electron chi connectivity index (χ4n) is 2.60. The summed E-state index contributed by atoms with van der Waals surface area (Å²) in [6, 6.07) is 11.4. The molecule has 8 heteroatoms. The summed E-state index contributed by atoms with van der Waals surface area (Å²) in [4.78, 5) is 15.8. The average molecular weight is 348 g/mol. The van der Waals surface area contributed by atoms with Crippen molar-refractivity contribution < 1.29 is 8.78 Å². The van der Waals surface area contributed by atoms with Crippen LogP contribution in [0.5, 0.6) is 0 Å². The van der Waals surface area contributed by atoms with Crippen LogP contribution in [0.4, 0.5) is 14.6 Å². The Morgan fingerprint density at radius 3 is 2.69 bits per heavy atom. The van der Waals surface area contributed by atoms with E-state index in [4.69, 9.17) is 6.57 Å². The monoisotopic (exact) mass is 348 g/mol. The minimum atomic E-state index is -2.66. The Labute approximate surface area is 146 Å². The maximum absolute atomic E-state index is 13.0. The lowest BCUT2D eigenvalue weighted by atomic mass is 10.1. The van der Waals surface area contributed by atoms with Gasteiger partial charge < -0.3 is 4.85 Å². The van der Waals surface area contributed by atoms with Crippen molar-refractivity contribution in [3.05, 3.63) is 72.0 Å². The van der Waals surface area contributed by atoms with Crippen molar-refractivity contribution >= 4 is 11.5 Å². The van der Waals surface area contributed by atoms with Crippen molar-refractivity contribution in [2.75, 3.05) is 0 Å². The zero-order valence-electron chi connectivity index (χ0n) is 13.2. The largest absolute Gasteiger partial charge is 0.360 e. The molecule has 26 heavy (non-hydrogen) atoms. The van der Waals surface area contributed by atoms with Gasteiger partial charge in [0.05, 0.1) is 17.6 Å². The van der Waals surface area contributed by atoms with Crippen LogP contribution in [0.2, 0.25) is 0 Å². The van der Waals surface area contributed by atoms with E-state index in [1.807, 2.05) is 0 Å². The molecule has 0 saturated carbocycles. The molecule has 0 N–H and O–H groups in total. The first-order valence-corrected chi connectivity index (χ1v) is 7.60. The summed E-state index contributed by atoms with van der Waals surface area (Å²) < 4.78 is 27.4. The number of hydrogen-bond donors (Lipinski definition) is 0. The van der Waals surface area contributed by atoms with Crippen LogP contribution in [0, 0.1) is 6.57 Å². The molecule has 0 aromatic carbocycles. The molecule has 0 unspecified atom stereocenters. The van der Waals surface area contributed by atoms with Crippen LogP contribution in [-0.2, 0) is 0 Å². The number of rotatable bonds is 3. The zero-order valence-corrected chi connectivity index (χ0v) is 13.2. The van der Waals surface area contributed by atoms with Gasteiger partial charge in [-0.1, -0.05) is 17.7 Å². The molecule has 0 amide bonds. The summed E-state index contributed by atoms with van der Waals surface area (Å²) in [5.74, 6) is 0.283. The van der Waals surface area contributed by atoms with E-state index in [0.717, 1.165) is 0 Å². The normalized spacial score (nSPS) is 11.0. The summed E-state index contributed by atoms with van der Waals surface area (Å²) >= 11 is 0. The number of imidazole rings is 1. The highest BCUT2D eigenvalue weighted by molar-refractivity contribution is 5.77. The van der Waals surface area contributed by atoms with Crippen molar-refractivity contribution in [2.45, 2.75) is 6.43 Å². The van der Waals surface area contributed by atoms with E-state index in [0.29, 0.717) is 28.3 Å². The Hall–Kier alpha value is -3.73. The molecule has 0 atom stereocenters. The molecule has 0 radical (unpaired) electrons. The van der Waals surface area contributed by atoms with E-state index in [1.54, 1.807) is 36.5 Å². The van der Waals surface area contributed by atoms with Crippen LogP contribution in [0.3, 0.4) is 0 Å². The van der Waals surface area contributed by atoms with Crippen molar-refractivity contribution in [2.24, 2.45) is 0 Å². The Morgan fingerprint density at radius 1 is 1.00 bits per heavy atom. The molecule has 0 spiro atoms. The Bertz CT molecular complexity index is 1150. The Morgan fingerprint density at radius 2 is 1.88 bits per heavy atom. The number of pyridine rings is 2. The van der Waals surface area contributed by atoms with Crippen LogP contribution >= 0.6 is 0 Å². The van der Waals surface area contributed by atoms with Gasteiger partial charge in [0, 0.05) is 17.8 Å². The van der Waals surface area contributed by atoms with Crippen molar-refractivity contribution in [1.82, 2.24) is 24.6 Å². The molecular formula is C18H10F2N6. The minimum Gasteiger partial charge on any atom is -0.360 e. The Balaban J connectivity index is 1.89. The van der Waals surface area contributed by atoms with Crippen LogP contribution in [0.15, 0.2) is 54.9 Å². The van der Waals surface area contributed by atoms with Gasteiger partial charge in [0.2, 0.25) is 5.65 Å². The lowest BCUT2D eigenvalue weighted by molar-refractivity contribution is 0.146. The van der Waals surface area contributed by atoms with Gasteiger partial charge >= 0.3 is 0 Å². The number of hydrogen-bond acceptors (Lipinski definition) is 4. The van der Waals surface area contributed by atoms with E-state index in [2.05, 4.69) is 24.9 Å². The molecule has 126 valence electrons. The molecule has 0 bridgehead atoms. The smallest absolute Gasteiger partial charge is 0.280 e. The van der Waals surface area contributed by atoms with E-state index < -0.39 is 6.43 Å². The van der Waals surface area contributed by atoms with Crippen molar-refractivity contribution in [3.8, 4) is 22.6 Å². The first kappa shape index (κ1) is 15.8. The number of alkyl halides is 2. The first-order valence-electron chi connectivity index (χ1n) is 7.60. The highest BCUT2D eigenvalue weighted by Gasteiger charge is 2.16. The van der Waals surface area contributed by atoms with Gasteiger partial charge in [0.15, 0.2) is 0 Å². The van der Waals surface area contributed by atoms with Crippen LogP contribution in [0.25, 0.3) is 33.1 Å². The van der Waals surface area contributed by atoms with Gasteiger partial charge in [0.25, 0.3) is 12.2 Å². The molecule has 4 heterocycles. The van der Waals surface area contributed by atoms with Gasteiger partial charge in [-0.05, 0) is 30.3 Å². The average Bonchev–Trinajstić information content (AvgIpc) is 3.10. The third kappa shape index (κ3) is 2.65. The molecule has 4 aromatic rings. The number of halogens is 2. The van der Waals surface area contributed by atoms with E-state index in [9.17, 15) is 8.78 Å². The zero-order chi connectivity index (χ0) is 18.1. The van der Waals surface area contributed by atoms with Crippen molar-refractivity contribution in [1.29, 1.82) is 0 Å². The second-order valence-electron chi connectivity index (χ2n) is 5.36. The lowest BCUT2D eigenvalue weighted by Crippen LogP contribution is -1.98. The lowest BCUT2D eigenvalue weighted by Gasteiger charge is -2.08. The van der Waals surface area contributed by atoms with E-state index in [1.165, 1.54) is 22.8 Å². The van der Waals surface area contributed by atoms with Gasteiger partial charge in [-0.15, -0.1) is 4.52 Å². The number of aromatic nitrogens is 5. The summed E-state index contributed by atoms with van der Waals surface area (Å²) in [6.07, 6.45) is 0.344. The molecule has 4 aromatic heterocycles. The maximum Gasteiger partial charge on any atom is 0.280 e. The molecular weight excluding hydrogens is 338 g/mol. The van der Waals surface area contributed by atoms with Gasteiger partial charge in [-0.3, -0.25) is 4.98 Å². The fourth-order valence-corrected chi connectivity index (χ4v) is 2.60. The molecule has 4 rings (SSSR count). The summed E-state index contributed by atoms with van der Waals surface area (Å²) in [5.41, 5.74) is 2.16. The van der Waals surface area contributed by atoms with E-state index in [-0.39, 0.29) is 11.5 Å². The summed E-state index contributed by atoms with van der Waals surface area (Å²) in [5, 5.41) is 4.44. The van der Waals surface area contributed by atoms with Crippen LogP contribution in [-0.4, -0.2) is 24.6 Å². The molecule has 0 saturated heterocycles. The molecule has 6 nitrogen and oxygen atoms in total. The third-order valence-electron chi connectivity index (χ3n) is 3.78. The van der Waals surface area contributed by atoms with Crippen LogP contribution < -0.4 is 0 Å². The van der Waals surface area contributed by atoms with Crippen LogP contribution in [0.1, 0.15) is 12.1 Å². The van der Waals surface area contributed by atoms with E-state index >= 15 is 0 Å². The highest BCUT2D eigenvalue weighted by Crippen LogP contribution is 2.29. The number of fused-ring (bicyclic) bond motifs is 1. The van der Waals surface area contributed by atoms with Gasteiger partial charge in [-0.2, -0.15) is 0 Å².